The lowest BCUT2D eigenvalue weighted by Gasteiger charge is -2.07. The Morgan fingerprint density at radius 2 is 2.00 bits per heavy atom. The maximum Gasteiger partial charge on any atom is 0.435 e. The summed E-state index contributed by atoms with van der Waals surface area (Å²) in [7, 11) is 0. The summed E-state index contributed by atoms with van der Waals surface area (Å²) in [5.41, 5.74) is -1.24. The lowest BCUT2D eigenvalue weighted by molar-refractivity contribution is -0.141. The predicted molar refractivity (Wildman–Crippen MR) is 59.7 cm³/mol. The minimum atomic E-state index is -4.58. The third kappa shape index (κ3) is 2.95. The fourth-order valence-electron chi connectivity index (χ4n) is 1.68. The van der Waals surface area contributed by atoms with E-state index in [0.29, 0.717) is 0 Å². The number of rotatable bonds is 3. The first kappa shape index (κ1) is 14.0. The Morgan fingerprint density at radius 1 is 1.30 bits per heavy atom. The van der Waals surface area contributed by atoms with Crippen molar-refractivity contribution in [3.63, 3.8) is 0 Å². The third-order valence-electron chi connectivity index (χ3n) is 2.56. The molecule has 0 spiro atoms. The molecule has 8 heteroatoms. The fraction of sp³-hybridized carbons (Fsp3) is 0.167. The number of hydrogen-bond acceptors (Lipinski definition) is 2. The van der Waals surface area contributed by atoms with E-state index in [9.17, 15) is 22.4 Å². The van der Waals surface area contributed by atoms with Crippen molar-refractivity contribution in [3.8, 4) is 0 Å². The molecule has 0 bridgehead atoms. The molecule has 1 N–H and O–H groups in total. The quantitative estimate of drug-likeness (QED) is 0.884. The van der Waals surface area contributed by atoms with Crippen molar-refractivity contribution < 1.29 is 27.5 Å². The lowest BCUT2D eigenvalue weighted by Crippen LogP contribution is -2.11. The van der Waals surface area contributed by atoms with Crippen LogP contribution < -0.4 is 0 Å². The molecule has 2 rings (SSSR count). The Morgan fingerprint density at radius 3 is 2.55 bits per heavy atom. The largest absolute Gasteiger partial charge is 0.478 e. The van der Waals surface area contributed by atoms with Crippen LogP contribution in [0.2, 0.25) is 0 Å². The summed E-state index contributed by atoms with van der Waals surface area (Å²) >= 11 is 0. The highest BCUT2D eigenvalue weighted by atomic mass is 19.4. The molecule has 0 aliphatic carbocycles. The van der Waals surface area contributed by atoms with Crippen LogP contribution in [0.5, 0.6) is 0 Å². The van der Waals surface area contributed by atoms with Gasteiger partial charge in [0.05, 0.1) is 12.1 Å². The van der Waals surface area contributed by atoms with Gasteiger partial charge in [-0.05, 0) is 29.8 Å². The lowest BCUT2D eigenvalue weighted by atomic mass is 10.1. The number of aromatic carboxylic acids is 1. The van der Waals surface area contributed by atoms with Gasteiger partial charge in [-0.25, -0.2) is 9.18 Å². The molecule has 0 radical (unpaired) electrons. The van der Waals surface area contributed by atoms with Gasteiger partial charge >= 0.3 is 12.1 Å². The number of alkyl halides is 3. The summed E-state index contributed by atoms with van der Waals surface area (Å²) in [5, 5.41) is 12.2. The van der Waals surface area contributed by atoms with E-state index in [2.05, 4.69) is 5.10 Å². The van der Waals surface area contributed by atoms with E-state index in [1.807, 2.05) is 0 Å². The number of benzene rings is 1. The minimum absolute atomic E-state index is 0.0364. The van der Waals surface area contributed by atoms with E-state index in [4.69, 9.17) is 5.11 Å². The molecule has 20 heavy (non-hydrogen) atoms. The Hall–Kier alpha value is -2.38. The first-order valence-electron chi connectivity index (χ1n) is 5.40. The van der Waals surface area contributed by atoms with Crippen molar-refractivity contribution in [1.82, 2.24) is 9.78 Å². The van der Waals surface area contributed by atoms with Crippen LogP contribution in [0, 0.1) is 5.82 Å². The molecule has 1 heterocycles. The number of carboxylic acids is 1. The molecule has 0 saturated heterocycles. The Bertz CT molecular complexity index is 649. The third-order valence-corrected chi connectivity index (χ3v) is 2.56. The second kappa shape index (κ2) is 4.95. The number of nitrogens with zero attached hydrogens (tertiary/aromatic N) is 2. The van der Waals surface area contributed by atoms with Gasteiger partial charge in [0.1, 0.15) is 5.82 Å². The summed E-state index contributed by atoms with van der Waals surface area (Å²) in [6, 6.07) is 3.75. The van der Waals surface area contributed by atoms with Gasteiger partial charge in [0.25, 0.3) is 0 Å². The molecule has 2 aromatic rings. The second-order valence-corrected chi connectivity index (χ2v) is 4.00. The monoisotopic (exact) mass is 288 g/mol. The summed E-state index contributed by atoms with van der Waals surface area (Å²) in [6.45, 7) is -0.268. The number of hydrogen-bond donors (Lipinski definition) is 1. The number of halogens is 4. The predicted octanol–water partition coefficient (Wildman–Crippen LogP) is 2.79. The van der Waals surface area contributed by atoms with Crippen molar-refractivity contribution in [2.75, 3.05) is 0 Å². The molecule has 1 aromatic carbocycles. The molecular formula is C12H8F4N2O2. The van der Waals surface area contributed by atoms with Crippen LogP contribution >= 0.6 is 0 Å². The van der Waals surface area contributed by atoms with Gasteiger partial charge in [0, 0.05) is 6.20 Å². The highest BCUT2D eigenvalue weighted by Gasteiger charge is 2.33. The van der Waals surface area contributed by atoms with Crippen LogP contribution in [-0.2, 0) is 12.7 Å². The highest BCUT2D eigenvalue weighted by Crippen LogP contribution is 2.27. The summed E-state index contributed by atoms with van der Waals surface area (Å²) in [5.74, 6) is -1.96. The molecule has 0 amide bonds. The van der Waals surface area contributed by atoms with Gasteiger partial charge in [-0.15, -0.1) is 0 Å². The van der Waals surface area contributed by atoms with Crippen molar-refractivity contribution in [2.45, 2.75) is 12.7 Å². The SMILES string of the molecule is O=C(O)c1ccc(F)cc1Cn1ccc(C(F)(F)F)n1. The Labute approximate surface area is 110 Å². The van der Waals surface area contributed by atoms with Gasteiger partial charge in [0.2, 0.25) is 0 Å². The molecular weight excluding hydrogens is 280 g/mol. The molecule has 0 saturated carbocycles. The summed E-state index contributed by atoms with van der Waals surface area (Å²) < 4.78 is 51.2. The zero-order chi connectivity index (χ0) is 14.9. The smallest absolute Gasteiger partial charge is 0.435 e. The van der Waals surface area contributed by atoms with E-state index in [0.717, 1.165) is 35.1 Å². The van der Waals surface area contributed by atoms with Gasteiger partial charge in [-0.1, -0.05) is 0 Å². The Kier molecular flexibility index (Phi) is 3.47. The molecule has 0 atom stereocenters. The van der Waals surface area contributed by atoms with Crippen LogP contribution in [0.3, 0.4) is 0 Å². The van der Waals surface area contributed by atoms with E-state index in [-0.39, 0.29) is 17.7 Å². The van der Waals surface area contributed by atoms with E-state index >= 15 is 0 Å². The standard InChI is InChI=1S/C12H8F4N2O2/c13-8-1-2-9(11(19)20)7(5-8)6-18-4-3-10(17-18)12(14,15)16/h1-5H,6H2,(H,19,20). The summed E-state index contributed by atoms with van der Waals surface area (Å²) in [4.78, 5) is 11.0. The van der Waals surface area contributed by atoms with Gasteiger partial charge < -0.3 is 5.11 Å². The van der Waals surface area contributed by atoms with Gasteiger partial charge in [0.15, 0.2) is 5.69 Å². The van der Waals surface area contributed by atoms with E-state index < -0.39 is 23.7 Å². The van der Waals surface area contributed by atoms with Crippen molar-refractivity contribution in [2.24, 2.45) is 0 Å². The molecule has 0 aliphatic rings. The molecule has 0 fully saturated rings. The van der Waals surface area contributed by atoms with Crippen LogP contribution in [0.15, 0.2) is 30.5 Å². The average molecular weight is 288 g/mol. The average Bonchev–Trinajstić information content (AvgIpc) is 2.76. The number of carboxylic acid groups (broad SMARTS) is 1. The van der Waals surface area contributed by atoms with Crippen molar-refractivity contribution in [3.05, 3.63) is 53.1 Å². The zero-order valence-electron chi connectivity index (χ0n) is 9.86. The van der Waals surface area contributed by atoms with Crippen LogP contribution in [-0.4, -0.2) is 20.9 Å². The molecule has 4 nitrogen and oxygen atoms in total. The first-order chi connectivity index (χ1) is 9.27. The zero-order valence-corrected chi connectivity index (χ0v) is 9.86. The second-order valence-electron chi connectivity index (χ2n) is 4.00. The minimum Gasteiger partial charge on any atom is -0.478 e. The van der Waals surface area contributed by atoms with Gasteiger partial charge in [-0.3, -0.25) is 4.68 Å². The van der Waals surface area contributed by atoms with Crippen LogP contribution in [0.4, 0.5) is 17.6 Å². The number of carbonyl (C=O) groups is 1. The first-order valence-corrected chi connectivity index (χ1v) is 5.40. The normalized spacial score (nSPS) is 11.6. The highest BCUT2D eigenvalue weighted by molar-refractivity contribution is 5.89. The van der Waals surface area contributed by atoms with Crippen molar-refractivity contribution >= 4 is 5.97 Å². The van der Waals surface area contributed by atoms with Gasteiger partial charge in [-0.2, -0.15) is 18.3 Å². The fourth-order valence-corrected chi connectivity index (χ4v) is 1.68. The maximum absolute atomic E-state index is 13.1. The van der Waals surface area contributed by atoms with Crippen LogP contribution in [0.25, 0.3) is 0 Å². The van der Waals surface area contributed by atoms with Crippen molar-refractivity contribution in [1.29, 1.82) is 0 Å². The molecule has 1 aromatic heterocycles. The van der Waals surface area contributed by atoms with E-state index in [1.165, 1.54) is 0 Å². The maximum atomic E-state index is 13.1. The molecule has 0 aliphatic heterocycles. The van der Waals surface area contributed by atoms with E-state index in [1.54, 1.807) is 0 Å². The topological polar surface area (TPSA) is 55.1 Å². The molecule has 0 unspecified atom stereocenters. The molecule has 106 valence electrons. The van der Waals surface area contributed by atoms with Crippen LogP contribution in [0.1, 0.15) is 21.6 Å². The number of aromatic nitrogens is 2. The summed E-state index contributed by atoms with van der Waals surface area (Å²) in [6.07, 6.45) is -3.53. The Balaban J connectivity index is 2.32.